The summed E-state index contributed by atoms with van der Waals surface area (Å²) in [7, 11) is -3.04. The molecule has 0 aliphatic carbocycles. The van der Waals surface area contributed by atoms with Crippen LogP contribution < -0.4 is 15.1 Å². The molecule has 0 radical (unpaired) electrons. The lowest BCUT2D eigenvalue weighted by molar-refractivity contribution is -0.00860. The highest BCUT2D eigenvalue weighted by atomic mass is 32.2. The second-order valence-corrected chi connectivity index (χ2v) is 13.3. The Balaban J connectivity index is 1.41. The minimum atomic E-state index is -3.04. The zero-order valence-electron chi connectivity index (χ0n) is 22.3. The third-order valence-corrected chi connectivity index (χ3v) is 8.64. The topological polar surface area (TPSA) is 112 Å². The van der Waals surface area contributed by atoms with Crippen LogP contribution in [0.15, 0.2) is 36.7 Å². The fraction of sp³-hybridized carbons (Fsp3) is 0.519. The van der Waals surface area contributed by atoms with Crippen LogP contribution in [0.1, 0.15) is 31.7 Å². The lowest BCUT2D eigenvalue weighted by Gasteiger charge is -2.41. The van der Waals surface area contributed by atoms with Gasteiger partial charge in [-0.3, -0.25) is 4.39 Å². The first-order valence-electron chi connectivity index (χ1n) is 13.1. The molecule has 1 unspecified atom stereocenters. The van der Waals surface area contributed by atoms with E-state index in [4.69, 9.17) is 0 Å². The minimum absolute atomic E-state index is 0.0133. The van der Waals surface area contributed by atoms with E-state index < -0.39 is 28.3 Å². The van der Waals surface area contributed by atoms with Crippen LogP contribution in [0.5, 0.6) is 0 Å². The third kappa shape index (κ3) is 5.91. The van der Waals surface area contributed by atoms with Crippen LogP contribution in [-0.4, -0.2) is 85.1 Å². The second-order valence-electron chi connectivity index (χ2n) is 11.1. The summed E-state index contributed by atoms with van der Waals surface area (Å²) in [6.07, 6.45) is 3.84. The Morgan fingerprint density at radius 2 is 1.95 bits per heavy atom. The van der Waals surface area contributed by atoms with Gasteiger partial charge in [-0.05, 0) is 42.5 Å². The van der Waals surface area contributed by atoms with Gasteiger partial charge in [0, 0.05) is 61.2 Å². The zero-order valence-corrected chi connectivity index (χ0v) is 23.1. The van der Waals surface area contributed by atoms with Crippen molar-refractivity contribution in [3.05, 3.63) is 42.2 Å². The molecule has 2 N–H and O–H groups in total. The van der Waals surface area contributed by atoms with Crippen molar-refractivity contribution < 1.29 is 22.3 Å². The van der Waals surface area contributed by atoms with Crippen LogP contribution in [0.25, 0.3) is 10.8 Å². The maximum absolute atomic E-state index is 14.7. The van der Waals surface area contributed by atoms with Crippen molar-refractivity contribution >= 4 is 43.9 Å². The minimum Gasteiger partial charge on any atom is -0.390 e. The van der Waals surface area contributed by atoms with Crippen LogP contribution in [0.3, 0.4) is 0 Å². The number of rotatable bonds is 8. The van der Waals surface area contributed by atoms with Gasteiger partial charge in [-0.15, -0.1) is 0 Å². The molecule has 0 saturated carbocycles. The Labute approximate surface area is 227 Å². The Morgan fingerprint density at radius 1 is 1.18 bits per heavy atom. The van der Waals surface area contributed by atoms with Gasteiger partial charge < -0.3 is 20.2 Å². The number of nitrogens with one attached hydrogen (secondary N) is 1. The molecule has 39 heavy (non-hydrogen) atoms. The molecular formula is C27H34F2N6O3S. The number of hydrogen-bond donors (Lipinski definition) is 2. The quantitative estimate of drug-likeness (QED) is 0.427. The SMILES string of the molecule is CC(CF)c1ccc(N2CC(CS(C)(=O)=O)C2)c2cnc(Nc3ccnc(N4CC[C@@H](O)[C@@](C)(F)C4)n3)cc12. The van der Waals surface area contributed by atoms with Crippen molar-refractivity contribution in [2.24, 2.45) is 5.92 Å². The molecular weight excluding hydrogens is 526 g/mol. The summed E-state index contributed by atoms with van der Waals surface area (Å²) in [5, 5.41) is 14.9. The van der Waals surface area contributed by atoms with Gasteiger partial charge in [0.25, 0.3) is 0 Å². The highest BCUT2D eigenvalue weighted by Gasteiger charge is 2.39. The number of alkyl halides is 2. The van der Waals surface area contributed by atoms with E-state index in [0.29, 0.717) is 37.2 Å². The van der Waals surface area contributed by atoms with Crippen molar-refractivity contribution in [3.8, 4) is 0 Å². The number of pyridine rings is 1. The van der Waals surface area contributed by atoms with Crippen LogP contribution in [0.4, 0.5) is 32.1 Å². The van der Waals surface area contributed by atoms with Crippen LogP contribution >= 0.6 is 0 Å². The molecule has 2 aliphatic heterocycles. The highest BCUT2D eigenvalue weighted by molar-refractivity contribution is 7.90. The number of benzene rings is 1. The molecule has 4 heterocycles. The van der Waals surface area contributed by atoms with Crippen LogP contribution in [0.2, 0.25) is 0 Å². The predicted molar refractivity (Wildman–Crippen MR) is 149 cm³/mol. The summed E-state index contributed by atoms with van der Waals surface area (Å²) in [6, 6.07) is 7.44. The third-order valence-electron chi connectivity index (χ3n) is 7.56. The van der Waals surface area contributed by atoms with Gasteiger partial charge in [0.05, 0.1) is 25.1 Å². The molecule has 2 aromatic heterocycles. The summed E-state index contributed by atoms with van der Waals surface area (Å²) < 4.78 is 51.8. The van der Waals surface area contributed by atoms with Gasteiger partial charge in [-0.25, -0.2) is 22.8 Å². The summed E-state index contributed by atoms with van der Waals surface area (Å²) in [4.78, 5) is 17.3. The first-order valence-corrected chi connectivity index (χ1v) is 15.1. The average Bonchev–Trinajstić information content (AvgIpc) is 2.86. The average molecular weight is 561 g/mol. The van der Waals surface area contributed by atoms with Crippen molar-refractivity contribution in [2.45, 2.75) is 38.0 Å². The Morgan fingerprint density at radius 3 is 2.64 bits per heavy atom. The number of sulfone groups is 1. The van der Waals surface area contributed by atoms with Gasteiger partial charge in [0.2, 0.25) is 5.95 Å². The molecule has 0 bridgehead atoms. The first kappa shape index (κ1) is 27.4. The number of nitrogens with zero attached hydrogens (tertiary/aromatic N) is 5. The number of aliphatic hydroxyl groups is 1. The molecule has 3 atom stereocenters. The van der Waals surface area contributed by atoms with E-state index in [2.05, 4.69) is 25.2 Å². The van der Waals surface area contributed by atoms with E-state index in [1.807, 2.05) is 25.1 Å². The molecule has 2 aliphatic rings. The van der Waals surface area contributed by atoms with E-state index in [0.717, 1.165) is 22.0 Å². The van der Waals surface area contributed by atoms with E-state index in [-0.39, 0.29) is 30.6 Å². The summed E-state index contributed by atoms with van der Waals surface area (Å²) in [5.41, 5.74) is 0.0369. The summed E-state index contributed by atoms with van der Waals surface area (Å²) in [5.74, 6) is 1.27. The van der Waals surface area contributed by atoms with Crippen molar-refractivity contribution in [1.82, 2.24) is 15.0 Å². The standard InChI is InChI=1S/C27H34F2N6O3S/c1-17(11-28)19-4-5-22(35-13-18(14-35)15-39(3,37)38)21-12-31-25(10-20(19)21)32-24-6-8-30-26(33-24)34-9-7-23(36)27(2,29)16-34/h4-6,8,10,12,17-18,23,36H,7,9,11,13-16H2,1-3H3,(H,30,31,32,33)/t17?,23-,27+/m1/s1. The molecule has 9 nitrogen and oxygen atoms in total. The molecule has 0 amide bonds. The Kier molecular flexibility index (Phi) is 7.36. The zero-order chi connectivity index (χ0) is 27.9. The van der Waals surface area contributed by atoms with E-state index in [1.165, 1.54) is 13.2 Å². The normalized spacial score (nSPS) is 23.1. The maximum atomic E-state index is 14.7. The second kappa shape index (κ2) is 10.5. The Hall–Kier alpha value is -3.12. The molecule has 3 aromatic rings. The van der Waals surface area contributed by atoms with Crippen LogP contribution in [0, 0.1) is 5.92 Å². The number of fused-ring (bicyclic) bond motifs is 1. The molecule has 2 fully saturated rings. The molecule has 12 heteroatoms. The molecule has 0 spiro atoms. The van der Waals surface area contributed by atoms with Crippen molar-refractivity contribution in [1.29, 1.82) is 0 Å². The molecule has 1 aromatic carbocycles. The summed E-state index contributed by atoms with van der Waals surface area (Å²) in [6.45, 7) is 4.39. The van der Waals surface area contributed by atoms with Crippen LogP contribution in [-0.2, 0) is 9.84 Å². The largest absolute Gasteiger partial charge is 0.390 e. The fourth-order valence-electron chi connectivity index (χ4n) is 5.41. The number of hydrogen-bond acceptors (Lipinski definition) is 9. The lowest BCUT2D eigenvalue weighted by atomic mass is 9.93. The number of halogens is 2. The smallest absolute Gasteiger partial charge is 0.227 e. The van der Waals surface area contributed by atoms with Gasteiger partial charge in [-0.1, -0.05) is 13.0 Å². The van der Waals surface area contributed by atoms with Gasteiger partial charge in [0.1, 0.15) is 21.5 Å². The fourth-order valence-corrected chi connectivity index (χ4v) is 6.48. The Bertz CT molecular complexity index is 1470. The van der Waals surface area contributed by atoms with Gasteiger partial charge >= 0.3 is 0 Å². The predicted octanol–water partition coefficient (Wildman–Crippen LogP) is 3.62. The van der Waals surface area contributed by atoms with Gasteiger partial charge in [0.15, 0.2) is 5.67 Å². The molecule has 210 valence electrons. The molecule has 2 saturated heterocycles. The van der Waals surface area contributed by atoms with E-state index in [1.54, 1.807) is 23.4 Å². The first-order chi connectivity index (χ1) is 18.4. The highest BCUT2D eigenvalue weighted by Crippen LogP contribution is 2.37. The number of aromatic nitrogens is 3. The number of piperidine rings is 1. The van der Waals surface area contributed by atoms with Gasteiger partial charge in [-0.2, -0.15) is 4.98 Å². The van der Waals surface area contributed by atoms with Crippen molar-refractivity contribution in [2.75, 3.05) is 60.0 Å². The monoisotopic (exact) mass is 560 g/mol. The number of anilines is 4. The lowest BCUT2D eigenvalue weighted by Crippen LogP contribution is -2.52. The maximum Gasteiger partial charge on any atom is 0.227 e. The summed E-state index contributed by atoms with van der Waals surface area (Å²) >= 11 is 0. The van der Waals surface area contributed by atoms with E-state index in [9.17, 15) is 22.3 Å². The number of aliphatic hydroxyl groups excluding tert-OH is 1. The molecule has 5 rings (SSSR count). The van der Waals surface area contributed by atoms with Crippen molar-refractivity contribution in [3.63, 3.8) is 0 Å². The van der Waals surface area contributed by atoms with E-state index >= 15 is 0 Å².